The van der Waals surface area contributed by atoms with Gasteiger partial charge in [0.1, 0.15) is 12.4 Å². The minimum Gasteiger partial charge on any atom is -0.497 e. The van der Waals surface area contributed by atoms with Gasteiger partial charge in [-0.2, -0.15) is 9.49 Å². The van der Waals surface area contributed by atoms with E-state index in [-0.39, 0.29) is 17.6 Å². The monoisotopic (exact) mass is 711 g/mol. The van der Waals surface area contributed by atoms with Crippen molar-refractivity contribution in [1.82, 2.24) is 30.4 Å². The number of carbonyl (C=O) groups excluding carboxylic acids is 1. The van der Waals surface area contributed by atoms with E-state index in [1.54, 1.807) is 24.3 Å². The van der Waals surface area contributed by atoms with Crippen molar-refractivity contribution in [3.8, 4) is 22.6 Å². The number of nitrogens with zero attached hydrogens (tertiary/aromatic N) is 5. The summed E-state index contributed by atoms with van der Waals surface area (Å²) in [5.74, 6) is -4.48. The molecule has 1 aliphatic heterocycles. The van der Waals surface area contributed by atoms with Crippen molar-refractivity contribution >= 4 is 22.8 Å². The molecular formula is C39H40F3N7O3. The Bertz CT molecular complexity index is 2080. The van der Waals surface area contributed by atoms with Crippen LogP contribution in [-0.4, -0.2) is 65.5 Å². The van der Waals surface area contributed by atoms with Crippen molar-refractivity contribution < 1.29 is 27.4 Å². The van der Waals surface area contributed by atoms with Crippen LogP contribution >= 0.6 is 0 Å². The van der Waals surface area contributed by atoms with Crippen LogP contribution in [0, 0.1) is 22.9 Å². The zero-order valence-corrected chi connectivity index (χ0v) is 28.9. The van der Waals surface area contributed by atoms with Gasteiger partial charge in [-0.1, -0.05) is 24.3 Å². The van der Waals surface area contributed by atoms with Gasteiger partial charge in [0.25, 0.3) is 5.91 Å². The van der Waals surface area contributed by atoms with Crippen LogP contribution in [0.4, 0.5) is 19.1 Å². The van der Waals surface area contributed by atoms with Crippen LogP contribution in [0.25, 0.3) is 22.0 Å². The van der Waals surface area contributed by atoms with E-state index >= 15 is 4.39 Å². The molecule has 1 amide bonds. The number of piperazine rings is 1. The maximum Gasteiger partial charge on any atom is 0.254 e. The summed E-state index contributed by atoms with van der Waals surface area (Å²) < 4.78 is 57.5. The van der Waals surface area contributed by atoms with Crippen molar-refractivity contribution in [3.63, 3.8) is 0 Å². The van der Waals surface area contributed by atoms with Crippen LogP contribution in [0.15, 0.2) is 67.1 Å². The first-order valence-corrected chi connectivity index (χ1v) is 17.7. The maximum atomic E-state index is 15.1. The number of hydrogen-bond acceptors (Lipinski definition) is 8. The lowest BCUT2D eigenvalue weighted by atomic mass is 9.57. The summed E-state index contributed by atoms with van der Waals surface area (Å²) in [6, 6.07) is 13.6. The molecule has 3 aromatic carbocycles. The zero-order chi connectivity index (χ0) is 35.9. The molecule has 9 rings (SSSR count). The summed E-state index contributed by atoms with van der Waals surface area (Å²) >= 11 is 0. The third-order valence-electron chi connectivity index (χ3n) is 11.3. The van der Waals surface area contributed by atoms with E-state index in [1.807, 2.05) is 12.4 Å². The quantitative estimate of drug-likeness (QED) is 0.161. The largest absolute Gasteiger partial charge is 0.497 e. The smallest absolute Gasteiger partial charge is 0.254 e. The lowest BCUT2D eigenvalue weighted by Gasteiger charge is -2.53. The highest BCUT2D eigenvalue weighted by Crippen LogP contribution is 2.55. The summed E-state index contributed by atoms with van der Waals surface area (Å²) in [6.07, 6.45) is 11.0. The molecule has 4 fully saturated rings. The van der Waals surface area contributed by atoms with Crippen LogP contribution in [-0.2, 0) is 12.1 Å². The molecule has 3 saturated carbocycles. The van der Waals surface area contributed by atoms with E-state index in [0.29, 0.717) is 23.9 Å². The number of anilines is 1. The lowest BCUT2D eigenvalue weighted by molar-refractivity contribution is -0.00564. The van der Waals surface area contributed by atoms with Gasteiger partial charge in [0, 0.05) is 62.3 Å². The Balaban J connectivity index is 0.895. The van der Waals surface area contributed by atoms with Gasteiger partial charge in [0.05, 0.1) is 23.7 Å². The molecule has 13 heteroatoms. The Kier molecular flexibility index (Phi) is 8.98. The molecule has 0 radical (unpaired) electrons. The number of methoxy groups -OCH3 is 1. The molecule has 0 unspecified atom stereocenters. The van der Waals surface area contributed by atoms with Crippen LogP contribution in [0.2, 0.25) is 0 Å². The average Bonchev–Trinajstić information content (AvgIpc) is 3.64. The molecule has 2 aromatic heterocycles. The van der Waals surface area contributed by atoms with Gasteiger partial charge >= 0.3 is 0 Å². The van der Waals surface area contributed by atoms with E-state index in [2.05, 4.69) is 54.6 Å². The highest BCUT2D eigenvalue weighted by atomic mass is 19.2. The third-order valence-corrected chi connectivity index (χ3v) is 11.3. The molecule has 5 aromatic rings. The Morgan fingerprint density at radius 1 is 0.904 bits per heavy atom. The van der Waals surface area contributed by atoms with E-state index in [1.165, 1.54) is 7.11 Å². The Morgan fingerprint density at radius 2 is 1.62 bits per heavy atom. The first-order chi connectivity index (χ1) is 25.2. The SMILES string of the molecule is COc1ccc(COc2c(F)cc(C(=O)NCC34CCC(n5cc6ccc(-c7cnc(N8CCNCC8)nc7)cc6n5)(CC3)CC4)c(F)c2F)cc1. The van der Waals surface area contributed by atoms with Gasteiger partial charge in [0.2, 0.25) is 11.8 Å². The van der Waals surface area contributed by atoms with E-state index in [0.717, 1.165) is 92.7 Å². The minimum atomic E-state index is -1.53. The normalized spacial score (nSPS) is 21.3. The summed E-state index contributed by atoms with van der Waals surface area (Å²) in [5, 5.41) is 12.2. The van der Waals surface area contributed by atoms with Gasteiger partial charge in [-0.25, -0.2) is 18.7 Å². The fourth-order valence-electron chi connectivity index (χ4n) is 7.91. The second-order valence-electron chi connectivity index (χ2n) is 14.3. The van der Waals surface area contributed by atoms with E-state index < -0.39 is 34.7 Å². The number of rotatable bonds is 10. The van der Waals surface area contributed by atoms with Crippen molar-refractivity contribution in [2.24, 2.45) is 5.41 Å². The number of amides is 1. The first kappa shape index (κ1) is 33.9. The molecule has 3 heterocycles. The van der Waals surface area contributed by atoms with Gasteiger partial charge in [-0.05, 0) is 79.3 Å². The molecular weight excluding hydrogens is 671 g/mol. The number of aromatic nitrogens is 4. The second kappa shape index (κ2) is 13.8. The molecule has 4 aliphatic rings. The number of fused-ring (bicyclic) bond motifs is 4. The molecule has 1 saturated heterocycles. The van der Waals surface area contributed by atoms with Gasteiger partial charge in [-0.15, -0.1) is 0 Å². The number of benzene rings is 3. The van der Waals surface area contributed by atoms with Crippen molar-refractivity contribution in [3.05, 3.63) is 95.7 Å². The van der Waals surface area contributed by atoms with Crippen LogP contribution in [0.1, 0.15) is 54.4 Å². The summed E-state index contributed by atoms with van der Waals surface area (Å²) in [6.45, 7) is 3.73. The Hall–Kier alpha value is -5.17. The van der Waals surface area contributed by atoms with Gasteiger partial charge in [0.15, 0.2) is 17.4 Å². The number of nitrogens with one attached hydrogen (secondary N) is 2. The first-order valence-electron chi connectivity index (χ1n) is 17.7. The van der Waals surface area contributed by atoms with Crippen LogP contribution < -0.4 is 25.0 Å². The van der Waals surface area contributed by atoms with Gasteiger partial charge < -0.3 is 25.0 Å². The summed E-state index contributed by atoms with van der Waals surface area (Å²) in [7, 11) is 1.52. The Morgan fingerprint density at radius 3 is 2.31 bits per heavy atom. The van der Waals surface area contributed by atoms with Crippen molar-refractivity contribution in [2.75, 3.05) is 44.7 Å². The lowest BCUT2D eigenvalue weighted by Crippen LogP contribution is -2.51. The van der Waals surface area contributed by atoms with Crippen molar-refractivity contribution in [2.45, 2.75) is 50.7 Å². The number of halogens is 3. The van der Waals surface area contributed by atoms with Gasteiger partial charge in [-0.3, -0.25) is 9.48 Å². The number of carbonyl (C=O) groups is 1. The highest BCUT2D eigenvalue weighted by Gasteiger charge is 2.50. The summed E-state index contributed by atoms with van der Waals surface area (Å²) in [4.78, 5) is 24.5. The fraction of sp³-hybridized carbons (Fsp3) is 0.385. The minimum absolute atomic E-state index is 0.126. The molecule has 52 heavy (non-hydrogen) atoms. The highest BCUT2D eigenvalue weighted by molar-refractivity contribution is 5.94. The van der Waals surface area contributed by atoms with E-state index in [4.69, 9.17) is 14.6 Å². The fourth-order valence-corrected chi connectivity index (χ4v) is 7.91. The molecule has 10 nitrogen and oxygen atoms in total. The molecule has 0 atom stereocenters. The van der Waals surface area contributed by atoms with E-state index in [9.17, 15) is 13.6 Å². The maximum absolute atomic E-state index is 15.1. The standard InChI is InChI=1S/C39H40F3N7O3/c1-51-29-6-2-25(3-7-29)23-52-35-31(40)19-30(33(41)34(35)42)36(50)46-24-38-8-11-39(12-9-38,13-10-38)49-22-27-5-4-26(18-32(27)47-49)28-20-44-37(45-21-28)48-16-14-43-15-17-48/h2-7,18-22,43H,8-17,23-24H2,1H3,(H,46,50). The van der Waals surface area contributed by atoms with Crippen LogP contribution in [0.3, 0.4) is 0 Å². The molecule has 0 spiro atoms. The predicted molar refractivity (Wildman–Crippen MR) is 190 cm³/mol. The predicted octanol–water partition coefficient (Wildman–Crippen LogP) is 6.39. The average molecular weight is 712 g/mol. The zero-order valence-electron chi connectivity index (χ0n) is 28.9. The van der Waals surface area contributed by atoms with Crippen LogP contribution in [0.5, 0.6) is 11.5 Å². The molecule has 2 N–H and O–H groups in total. The molecule has 3 aliphatic carbocycles. The molecule has 270 valence electrons. The number of hydrogen-bond donors (Lipinski definition) is 2. The molecule has 2 bridgehead atoms. The number of ether oxygens (including phenoxy) is 2. The third kappa shape index (κ3) is 6.42. The van der Waals surface area contributed by atoms with Crippen molar-refractivity contribution in [1.29, 1.82) is 0 Å². The summed E-state index contributed by atoms with van der Waals surface area (Å²) in [5.41, 5.74) is 2.48. The Labute approximate surface area is 299 Å². The second-order valence-corrected chi connectivity index (χ2v) is 14.3. The topological polar surface area (TPSA) is 106 Å².